The number of ketones is 1. The Balaban J connectivity index is 1.50. The van der Waals surface area contributed by atoms with E-state index in [-0.39, 0.29) is 17.4 Å². The third-order valence-corrected chi connectivity index (χ3v) is 6.56. The van der Waals surface area contributed by atoms with Gasteiger partial charge < -0.3 is 9.88 Å². The van der Waals surface area contributed by atoms with E-state index in [4.69, 9.17) is 0 Å². The Morgan fingerprint density at radius 3 is 2.63 bits per heavy atom. The van der Waals surface area contributed by atoms with Gasteiger partial charge in [-0.05, 0) is 42.1 Å². The van der Waals surface area contributed by atoms with Crippen molar-refractivity contribution in [3.8, 4) is 0 Å². The molecule has 158 valence electrons. The summed E-state index contributed by atoms with van der Waals surface area (Å²) in [6, 6.07) is 11.2. The van der Waals surface area contributed by atoms with Crippen LogP contribution in [0.2, 0.25) is 0 Å². The van der Waals surface area contributed by atoms with E-state index in [1.807, 2.05) is 23.1 Å². The van der Waals surface area contributed by atoms with Gasteiger partial charge in [0.1, 0.15) is 5.82 Å². The van der Waals surface area contributed by atoms with Crippen molar-refractivity contribution >= 4 is 40.5 Å². The highest BCUT2D eigenvalue weighted by Crippen LogP contribution is 2.21. The van der Waals surface area contributed by atoms with E-state index in [2.05, 4.69) is 28.5 Å². The number of benzene rings is 1. The predicted molar refractivity (Wildman–Crippen MR) is 122 cm³/mol. The smallest absolute Gasteiger partial charge is 0.224 e. The van der Waals surface area contributed by atoms with Crippen LogP contribution >= 0.6 is 23.1 Å². The summed E-state index contributed by atoms with van der Waals surface area (Å²) < 4.78 is 1.94. The van der Waals surface area contributed by atoms with Crippen molar-refractivity contribution in [2.24, 2.45) is 7.05 Å². The number of thiophene rings is 1. The Bertz CT molecular complexity index is 966. The van der Waals surface area contributed by atoms with Crippen LogP contribution in [0.15, 0.2) is 46.9 Å². The summed E-state index contributed by atoms with van der Waals surface area (Å²) in [5.41, 5.74) is 1.33. The normalized spacial score (nSPS) is 10.9. The summed E-state index contributed by atoms with van der Waals surface area (Å²) in [6.45, 7) is 2.11. The van der Waals surface area contributed by atoms with Crippen LogP contribution in [0.1, 0.15) is 53.7 Å². The lowest BCUT2D eigenvalue weighted by Crippen LogP contribution is -2.11. The third kappa shape index (κ3) is 6.27. The number of amides is 1. The van der Waals surface area contributed by atoms with E-state index in [1.54, 1.807) is 35.6 Å². The lowest BCUT2D eigenvalue weighted by atomic mass is 10.1. The molecule has 1 amide bonds. The highest BCUT2D eigenvalue weighted by Gasteiger charge is 2.13. The molecule has 8 heteroatoms. The van der Waals surface area contributed by atoms with Gasteiger partial charge in [0.15, 0.2) is 10.9 Å². The molecule has 0 radical (unpaired) electrons. The highest BCUT2D eigenvalue weighted by molar-refractivity contribution is 7.99. The molecule has 3 rings (SSSR count). The molecule has 0 spiro atoms. The topological polar surface area (TPSA) is 76.9 Å². The van der Waals surface area contributed by atoms with Crippen LogP contribution in [-0.4, -0.2) is 32.2 Å². The predicted octanol–water partition coefficient (Wildman–Crippen LogP) is 4.96. The third-order valence-electron chi connectivity index (χ3n) is 4.67. The Kier molecular flexibility index (Phi) is 8.21. The number of Topliss-reactive ketones (excluding diaryl/α,β-unsaturated/α-hetero) is 1. The van der Waals surface area contributed by atoms with Gasteiger partial charge in [-0.25, -0.2) is 0 Å². The van der Waals surface area contributed by atoms with Crippen LogP contribution in [0.4, 0.5) is 5.69 Å². The van der Waals surface area contributed by atoms with Gasteiger partial charge in [0.25, 0.3) is 0 Å². The van der Waals surface area contributed by atoms with Crippen LogP contribution in [0.25, 0.3) is 0 Å². The number of nitrogens with one attached hydrogen (secondary N) is 1. The molecule has 0 aliphatic rings. The number of thioether (sulfide) groups is 1. The van der Waals surface area contributed by atoms with Crippen molar-refractivity contribution in [3.63, 3.8) is 0 Å². The Morgan fingerprint density at radius 1 is 1.13 bits per heavy atom. The van der Waals surface area contributed by atoms with Crippen LogP contribution in [0, 0.1) is 0 Å². The molecule has 0 unspecified atom stereocenters. The van der Waals surface area contributed by atoms with Gasteiger partial charge in [-0.1, -0.05) is 37.6 Å². The maximum Gasteiger partial charge on any atom is 0.224 e. The lowest BCUT2D eigenvalue weighted by Gasteiger charge is -2.06. The fourth-order valence-electron chi connectivity index (χ4n) is 2.91. The zero-order valence-corrected chi connectivity index (χ0v) is 18.9. The fourth-order valence-corrected chi connectivity index (χ4v) is 4.43. The van der Waals surface area contributed by atoms with E-state index in [1.165, 1.54) is 16.6 Å². The fraction of sp³-hybridized carbons (Fsp3) is 0.364. The Hall–Kier alpha value is -2.45. The van der Waals surface area contributed by atoms with Crippen molar-refractivity contribution in [2.45, 2.75) is 44.2 Å². The summed E-state index contributed by atoms with van der Waals surface area (Å²) in [6.07, 6.45) is 4.30. The van der Waals surface area contributed by atoms with Gasteiger partial charge in [-0.2, -0.15) is 0 Å². The van der Waals surface area contributed by atoms with Gasteiger partial charge >= 0.3 is 0 Å². The lowest BCUT2D eigenvalue weighted by molar-refractivity contribution is -0.116. The van der Waals surface area contributed by atoms with Crippen molar-refractivity contribution in [3.05, 3.63) is 58.0 Å². The number of carbonyl (C=O) groups excluding carboxylic acids is 2. The van der Waals surface area contributed by atoms with Crippen molar-refractivity contribution in [1.29, 1.82) is 0 Å². The number of rotatable bonds is 11. The van der Waals surface area contributed by atoms with E-state index in [9.17, 15) is 9.59 Å². The zero-order chi connectivity index (χ0) is 21.3. The first-order valence-corrected chi connectivity index (χ1v) is 11.9. The molecular weight excluding hydrogens is 416 g/mol. The molecule has 0 saturated carbocycles. The van der Waals surface area contributed by atoms with Crippen molar-refractivity contribution in [2.75, 3.05) is 11.1 Å². The van der Waals surface area contributed by atoms with E-state index in [0.29, 0.717) is 17.7 Å². The van der Waals surface area contributed by atoms with Crippen LogP contribution in [0.5, 0.6) is 0 Å². The number of carbonyl (C=O) groups is 2. The maximum absolute atomic E-state index is 12.5. The summed E-state index contributed by atoms with van der Waals surface area (Å²) in [5, 5.41) is 14.1. The first kappa shape index (κ1) is 22.2. The van der Waals surface area contributed by atoms with Gasteiger partial charge in [-0.3, -0.25) is 9.59 Å². The second-order valence-corrected chi connectivity index (χ2v) is 8.98. The second-order valence-electron chi connectivity index (χ2n) is 7.01. The summed E-state index contributed by atoms with van der Waals surface area (Å²) in [7, 11) is 1.92. The molecule has 0 aliphatic carbocycles. The molecule has 0 saturated heterocycles. The minimum Gasteiger partial charge on any atom is -0.326 e. The first-order valence-electron chi connectivity index (χ1n) is 10.0. The Morgan fingerprint density at radius 2 is 1.93 bits per heavy atom. The Labute approximate surface area is 185 Å². The molecule has 6 nitrogen and oxygen atoms in total. The van der Waals surface area contributed by atoms with E-state index in [0.717, 1.165) is 36.7 Å². The second kappa shape index (κ2) is 11.1. The van der Waals surface area contributed by atoms with Crippen LogP contribution < -0.4 is 5.32 Å². The first-order chi connectivity index (χ1) is 14.6. The largest absolute Gasteiger partial charge is 0.326 e. The molecule has 1 aromatic carbocycles. The monoisotopic (exact) mass is 442 g/mol. The van der Waals surface area contributed by atoms with E-state index >= 15 is 0 Å². The maximum atomic E-state index is 12.5. The average Bonchev–Trinajstić information content (AvgIpc) is 3.38. The zero-order valence-electron chi connectivity index (χ0n) is 17.3. The molecule has 3 aromatic rings. The molecule has 2 heterocycles. The van der Waals surface area contributed by atoms with Gasteiger partial charge in [0.05, 0.1) is 5.75 Å². The molecular formula is C22H26N4O2S2. The average molecular weight is 443 g/mol. The molecule has 0 bridgehead atoms. The minimum atomic E-state index is 0.0127. The molecule has 0 aliphatic heterocycles. The van der Waals surface area contributed by atoms with Crippen molar-refractivity contribution in [1.82, 2.24) is 14.8 Å². The molecule has 0 atom stereocenters. The van der Waals surface area contributed by atoms with Crippen LogP contribution in [-0.2, 0) is 18.3 Å². The van der Waals surface area contributed by atoms with Gasteiger partial charge in [0.2, 0.25) is 5.91 Å². The summed E-state index contributed by atoms with van der Waals surface area (Å²) in [4.78, 5) is 25.7. The number of anilines is 1. The number of hydrogen-bond donors (Lipinski definition) is 1. The summed E-state index contributed by atoms with van der Waals surface area (Å²) in [5.74, 6) is 1.20. The molecule has 30 heavy (non-hydrogen) atoms. The number of hydrogen-bond acceptors (Lipinski definition) is 6. The molecule has 2 aromatic heterocycles. The SMILES string of the molecule is CCCCCC(=O)Nc1ccc(C(=O)CSc2nnc(Cc3cccs3)n2C)cc1. The quantitative estimate of drug-likeness (QED) is 0.258. The van der Waals surface area contributed by atoms with Crippen LogP contribution in [0.3, 0.4) is 0 Å². The standard InChI is InChI=1S/C22H26N4O2S2/c1-3-4-5-8-21(28)23-17-11-9-16(10-12-17)19(27)15-30-22-25-24-20(26(22)2)14-18-7-6-13-29-18/h6-7,9-13H,3-5,8,14-15H2,1-2H3,(H,23,28). The van der Waals surface area contributed by atoms with Gasteiger partial charge in [-0.15, -0.1) is 21.5 Å². The number of nitrogens with zero attached hydrogens (tertiary/aromatic N) is 3. The molecule has 0 fully saturated rings. The number of unbranched alkanes of at least 4 members (excludes halogenated alkanes) is 2. The number of aromatic nitrogens is 3. The van der Waals surface area contributed by atoms with Gasteiger partial charge in [0, 0.05) is 36.0 Å². The summed E-state index contributed by atoms with van der Waals surface area (Å²) >= 11 is 3.08. The van der Waals surface area contributed by atoms with E-state index < -0.39 is 0 Å². The highest BCUT2D eigenvalue weighted by atomic mass is 32.2. The molecule has 1 N–H and O–H groups in total. The van der Waals surface area contributed by atoms with Crippen molar-refractivity contribution < 1.29 is 9.59 Å². The minimum absolute atomic E-state index is 0.0127.